The van der Waals surface area contributed by atoms with Crippen molar-refractivity contribution in [1.29, 1.82) is 0 Å². The second-order valence-corrected chi connectivity index (χ2v) is 4.54. The van der Waals surface area contributed by atoms with Crippen molar-refractivity contribution in [3.8, 4) is 0 Å². The van der Waals surface area contributed by atoms with E-state index in [0.717, 1.165) is 4.68 Å². The lowest BCUT2D eigenvalue weighted by atomic mass is 10.1. The van der Waals surface area contributed by atoms with E-state index in [0.29, 0.717) is 17.8 Å². The minimum Gasteiger partial charge on any atom is -0.481 e. The van der Waals surface area contributed by atoms with Gasteiger partial charge in [0.05, 0.1) is 12.1 Å². The zero-order valence-electron chi connectivity index (χ0n) is 12.1. The number of rotatable bonds is 5. The molecule has 0 aromatic carbocycles. The van der Waals surface area contributed by atoms with Crippen LogP contribution in [0.1, 0.15) is 35.0 Å². The summed E-state index contributed by atoms with van der Waals surface area (Å²) in [5.74, 6) is -1.43. The number of aromatic nitrogens is 2. The fraction of sp³-hybridized carbons (Fsp3) is 0.538. The lowest BCUT2D eigenvalue weighted by Crippen LogP contribution is -2.39. The van der Waals surface area contributed by atoms with Crippen molar-refractivity contribution >= 4 is 11.9 Å². The largest absolute Gasteiger partial charge is 0.481 e. The summed E-state index contributed by atoms with van der Waals surface area (Å²) in [5, 5.41) is 12.7. The van der Waals surface area contributed by atoms with Gasteiger partial charge in [-0.1, -0.05) is 0 Å². The van der Waals surface area contributed by atoms with Crippen molar-refractivity contribution in [3.05, 3.63) is 27.2 Å². The number of amides is 1. The summed E-state index contributed by atoms with van der Waals surface area (Å²) in [7, 11) is 1.49. The molecule has 0 fully saturated rings. The Bertz CT molecular complexity index is 592. The van der Waals surface area contributed by atoms with E-state index < -0.39 is 17.4 Å². The van der Waals surface area contributed by atoms with Crippen molar-refractivity contribution in [3.63, 3.8) is 0 Å². The normalized spacial score (nSPS) is 10.4. The zero-order valence-corrected chi connectivity index (χ0v) is 12.1. The van der Waals surface area contributed by atoms with Gasteiger partial charge in [-0.2, -0.15) is 5.10 Å². The van der Waals surface area contributed by atoms with Crippen LogP contribution in [-0.2, 0) is 11.8 Å². The van der Waals surface area contributed by atoms with Crippen LogP contribution in [0.4, 0.5) is 0 Å². The number of aliphatic carboxylic acids is 1. The van der Waals surface area contributed by atoms with E-state index in [1.165, 1.54) is 11.9 Å². The molecule has 1 rings (SSSR count). The summed E-state index contributed by atoms with van der Waals surface area (Å²) in [5.41, 5.74) is 0.732. The molecule has 0 bridgehead atoms. The Morgan fingerprint density at radius 3 is 2.45 bits per heavy atom. The van der Waals surface area contributed by atoms with E-state index in [-0.39, 0.29) is 18.5 Å². The topological polar surface area (TPSA) is 92.5 Å². The standard InChI is InChI=1S/C13H19N3O4/c1-5-16(7-6-10(17)18)13(20)11-8(2)9(3)14-15(4)12(11)19/h5-7H2,1-4H3,(H,17,18). The molecule has 0 saturated heterocycles. The number of carbonyl (C=O) groups is 2. The molecule has 7 heteroatoms. The van der Waals surface area contributed by atoms with Crippen LogP contribution in [0.3, 0.4) is 0 Å². The molecule has 1 N–H and O–H groups in total. The van der Waals surface area contributed by atoms with Gasteiger partial charge in [-0.15, -0.1) is 0 Å². The number of carboxylic acids is 1. The molecular weight excluding hydrogens is 262 g/mol. The molecule has 1 aromatic heterocycles. The molecule has 0 spiro atoms. The molecule has 0 radical (unpaired) electrons. The van der Waals surface area contributed by atoms with Gasteiger partial charge in [0.25, 0.3) is 11.5 Å². The van der Waals surface area contributed by atoms with Crippen LogP contribution in [0.5, 0.6) is 0 Å². The summed E-state index contributed by atoms with van der Waals surface area (Å²) in [4.78, 5) is 36.5. The fourth-order valence-electron chi connectivity index (χ4n) is 1.89. The number of hydrogen-bond acceptors (Lipinski definition) is 4. The zero-order chi connectivity index (χ0) is 15.4. The molecule has 1 aromatic rings. The molecule has 0 aliphatic rings. The molecule has 0 aliphatic heterocycles. The van der Waals surface area contributed by atoms with Gasteiger partial charge < -0.3 is 10.0 Å². The average Bonchev–Trinajstić information content (AvgIpc) is 2.37. The Morgan fingerprint density at radius 1 is 1.35 bits per heavy atom. The fourth-order valence-corrected chi connectivity index (χ4v) is 1.89. The third-order valence-corrected chi connectivity index (χ3v) is 3.20. The summed E-state index contributed by atoms with van der Waals surface area (Å²) in [6, 6.07) is 0. The Kier molecular flexibility index (Phi) is 5.01. The first-order valence-corrected chi connectivity index (χ1v) is 6.35. The molecule has 0 unspecified atom stereocenters. The number of hydrogen-bond donors (Lipinski definition) is 1. The SMILES string of the molecule is CCN(CCC(=O)O)C(=O)c1c(C)c(C)nn(C)c1=O. The van der Waals surface area contributed by atoms with Crippen molar-refractivity contribution in [2.45, 2.75) is 27.2 Å². The van der Waals surface area contributed by atoms with Crippen LogP contribution >= 0.6 is 0 Å². The predicted octanol–water partition coefficient (Wildman–Crippen LogP) is 0.334. The third-order valence-electron chi connectivity index (χ3n) is 3.20. The number of carboxylic acid groups (broad SMARTS) is 1. The molecule has 0 atom stereocenters. The summed E-state index contributed by atoms with van der Waals surface area (Å²) >= 11 is 0. The average molecular weight is 281 g/mol. The maximum Gasteiger partial charge on any atom is 0.305 e. The first-order chi connectivity index (χ1) is 9.29. The maximum atomic E-state index is 12.4. The number of aryl methyl sites for hydroxylation is 2. The monoisotopic (exact) mass is 281 g/mol. The lowest BCUT2D eigenvalue weighted by molar-refractivity contribution is -0.137. The van der Waals surface area contributed by atoms with Crippen LogP contribution in [0.2, 0.25) is 0 Å². The van der Waals surface area contributed by atoms with Gasteiger partial charge in [-0.3, -0.25) is 14.4 Å². The van der Waals surface area contributed by atoms with Gasteiger partial charge >= 0.3 is 5.97 Å². The molecule has 0 aliphatic carbocycles. The predicted molar refractivity (Wildman–Crippen MR) is 72.8 cm³/mol. The van der Waals surface area contributed by atoms with Crippen LogP contribution in [0.25, 0.3) is 0 Å². The Morgan fingerprint density at radius 2 is 1.95 bits per heavy atom. The molecular formula is C13H19N3O4. The van der Waals surface area contributed by atoms with E-state index in [4.69, 9.17) is 5.11 Å². The van der Waals surface area contributed by atoms with Gasteiger partial charge in [-0.25, -0.2) is 4.68 Å². The molecule has 7 nitrogen and oxygen atoms in total. The molecule has 110 valence electrons. The summed E-state index contributed by atoms with van der Waals surface area (Å²) < 4.78 is 1.13. The van der Waals surface area contributed by atoms with E-state index >= 15 is 0 Å². The Hall–Kier alpha value is -2.18. The Labute approximate surface area is 116 Å². The Balaban J connectivity index is 3.19. The van der Waals surface area contributed by atoms with Crippen LogP contribution < -0.4 is 5.56 Å². The smallest absolute Gasteiger partial charge is 0.305 e. The van der Waals surface area contributed by atoms with Crippen molar-refractivity contribution in [2.24, 2.45) is 7.05 Å². The second kappa shape index (κ2) is 6.31. The van der Waals surface area contributed by atoms with Crippen LogP contribution in [0.15, 0.2) is 4.79 Å². The van der Waals surface area contributed by atoms with Crippen molar-refractivity contribution in [1.82, 2.24) is 14.7 Å². The molecule has 1 amide bonds. The first-order valence-electron chi connectivity index (χ1n) is 6.35. The van der Waals surface area contributed by atoms with Gasteiger partial charge in [0, 0.05) is 20.1 Å². The van der Waals surface area contributed by atoms with E-state index in [1.54, 1.807) is 20.8 Å². The van der Waals surface area contributed by atoms with E-state index in [2.05, 4.69) is 5.10 Å². The highest BCUT2D eigenvalue weighted by atomic mass is 16.4. The van der Waals surface area contributed by atoms with Gasteiger partial charge in [-0.05, 0) is 26.3 Å². The number of carbonyl (C=O) groups excluding carboxylic acids is 1. The minimum atomic E-state index is -0.980. The molecule has 1 heterocycles. The highest BCUT2D eigenvalue weighted by Gasteiger charge is 2.22. The quantitative estimate of drug-likeness (QED) is 0.839. The van der Waals surface area contributed by atoms with Crippen molar-refractivity contribution in [2.75, 3.05) is 13.1 Å². The van der Waals surface area contributed by atoms with Crippen LogP contribution in [0, 0.1) is 13.8 Å². The van der Waals surface area contributed by atoms with E-state index in [1.807, 2.05) is 0 Å². The van der Waals surface area contributed by atoms with Gasteiger partial charge in [0.1, 0.15) is 5.56 Å². The highest BCUT2D eigenvalue weighted by Crippen LogP contribution is 2.09. The number of nitrogens with zero attached hydrogens (tertiary/aromatic N) is 3. The second-order valence-electron chi connectivity index (χ2n) is 4.54. The molecule has 0 saturated carbocycles. The maximum absolute atomic E-state index is 12.4. The lowest BCUT2D eigenvalue weighted by Gasteiger charge is -2.21. The van der Waals surface area contributed by atoms with Crippen molar-refractivity contribution < 1.29 is 14.7 Å². The summed E-state index contributed by atoms with van der Waals surface area (Å²) in [6.07, 6.45) is -0.150. The van der Waals surface area contributed by atoms with Crippen LogP contribution in [-0.4, -0.2) is 44.8 Å². The third kappa shape index (κ3) is 3.23. The highest BCUT2D eigenvalue weighted by molar-refractivity contribution is 5.95. The van der Waals surface area contributed by atoms with E-state index in [9.17, 15) is 14.4 Å². The van der Waals surface area contributed by atoms with Gasteiger partial charge in [0.2, 0.25) is 0 Å². The molecule has 20 heavy (non-hydrogen) atoms. The summed E-state index contributed by atoms with van der Waals surface area (Å²) in [6.45, 7) is 5.55. The minimum absolute atomic E-state index is 0.0623. The van der Waals surface area contributed by atoms with Gasteiger partial charge in [0.15, 0.2) is 0 Å². The first kappa shape index (κ1) is 15.9.